The van der Waals surface area contributed by atoms with Crippen LogP contribution in [-0.2, 0) is 9.59 Å². The molecule has 5 heteroatoms. The molecule has 0 aliphatic heterocycles. The number of aliphatic carboxylic acids is 2. The number of hydrogen-bond donors (Lipinski definition) is 3. The van der Waals surface area contributed by atoms with Gasteiger partial charge < -0.3 is 15.9 Å². The van der Waals surface area contributed by atoms with E-state index in [-0.39, 0.29) is 12.0 Å². The van der Waals surface area contributed by atoms with Gasteiger partial charge in [-0.05, 0) is 31.7 Å². The summed E-state index contributed by atoms with van der Waals surface area (Å²) in [4.78, 5) is 22.0. The molecular weight excluding hydrogens is 294 g/mol. The van der Waals surface area contributed by atoms with Crippen molar-refractivity contribution in [2.24, 2.45) is 23.0 Å². The van der Waals surface area contributed by atoms with Crippen LogP contribution >= 0.6 is 0 Å². The first-order chi connectivity index (χ1) is 10.7. The quantitative estimate of drug-likeness (QED) is 0.743. The summed E-state index contributed by atoms with van der Waals surface area (Å²) in [5, 5.41) is 18.0. The first-order valence-electron chi connectivity index (χ1n) is 7.64. The molecule has 0 amide bonds. The Balaban J connectivity index is 0.000000253. The molecule has 1 aliphatic rings. The first kappa shape index (κ1) is 18.9. The number of carboxylic acid groups (broad SMARTS) is 2. The second-order valence-electron chi connectivity index (χ2n) is 6.13. The highest BCUT2D eigenvalue weighted by Crippen LogP contribution is 2.42. The second kappa shape index (κ2) is 7.92. The average Bonchev–Trinajstić information content (AvgIpc) is 2.51. The van der Waals surface area contributed by atoms with Gasteiger partial charge in [0.1, 0.15) is 0 Å². The minimum atomic E-state index is -1.19. The first-order valence-corrected chi connectivity index (χ1v) is 7.64. The van der Waals surface area contributed by atoms with Gasteiger partial charge in [0.15, 0.2) is 0 Å². The summed E-state index contributed by atoms with van der Waals surface area (Å²) >= 11 is 0. The maximum absolute atomic E-state index is 11.1. The van der Waals surface area contributed by atoms with Crippen molar-refractivity contribution in [3.8, 4) is 0 Å². The lowest BCUT2D eigenvalue weighted by molar-refractivity contribution is -0.164. The lowest BCUT2D eigenvalue weighted by atomic mass is 9.64. The Morgan fingerprint density at radius 1 is 1.26 bits per heavy atom. The van der Waals surface area contributed by atoms with Crippen LogP contribution in [0.1, 0.15) is 38.8 Å². The fourth-order valence-corrected chi connectivity index (χ4v) is 2.64. The van der Waals surface area contributed by atoms with E-state index in [0.717, 1.165) is 0 Å². The van der Waals surface area contributed by atoms with Crippen LogP contribution in [0, 0.1) is 17.3 Å². The predicted octanol–water partition coefficient (Wildman–Crippen LogP) is 3.08. The van der Waals surface area contributed by atoms with Gasteiger partial charge in [0.2, 0.25) is 0 Å². The zero-order chi connectivity index (χ0) is 17.6. The van der Waals surface area contributed by atoms with Crippen molar-refractivity contribution in [3.05, 3.63) is 48.0 Å². The van der Waals surface area contributed by atoms with Crippen LogP contribution < -0.4 is 5.73 Å². The van der Waals surface area contributed by atoms with Crippen molar-refractivity contribution in [1.82, 2.24) is 0 Å². The highest BCUT2D eigenvalue weighted by Gasteiger charge is 2.49. The Labute approximate surface area is 136 Å². The largest absolute Gasteiger partial charge is 0.481 e. The summed E-state index contributed by atoms with van der Waals surface area (Å²) in [5.41, 5.74) is 5.61. The molecule has 1 aromatic rings. The fourth-order valence-electron chi connectivity index (χ4n) is 2.64. The summed E-state index contributed by atoms with van der Waals surface area (Å²) in [6.07, 6.45) is 3.81. The molecule has 0 aromatic heterocycles. The number of carboxylic acids is 2. The molecule has 126 valence electrons. The van der Waals surface area contributed by atoms with E-state index < -0.39 is 23.3 Å². The van der Waals surface area contributed by atoms with Crippen molar-refractivity contribution in [2.45, 2.75) is 33.2 Å². The minimum absolute atomic E-state index is 0.159. The fraction of sp³-hybridized carbons (Fsp3) is 0.444. The molecule has 4 atom stereocenters. The highest BCUT2D eigenvalue weighted by atomic mass is 16.4. The second-order valence-corrected chi connectivity index (χ2v) is 6.13. The number of hydrogen-bond acceptors (Lipinski definition) is 3. The van der Waals surface area contributed by atoms with Gasteiger partial charge in [0.25, 0.3) is 0 Å². The Hall–Kier alpha value is -2.14. The van der Waals surface area contributed by atoms with E-state index in [4.69, 9.17) is 15.9 Å². The molecule has 2 rings (SSSR count). The number of rotatable bonds is 3. The summed E-state index contributed by atoms with van der Waals surface area (Å²) in [5.74, 6) is -3.16. The van der Waals surface area contributed by atoms with Gasteiger partial charge >= 0.3 is 11.9 Å². The molecule has 0 saturated heterocycles. The van der Waals surface area contributed by atoms with Crippen LogP contribution in [0.25, 0.3) is 0 Å². The van der Waals surface area contributed by atoms with Crippen molar-refractivity contribution in [1.29, 1.82) is 0 Å². The number of benzene rings is 1. The van der Waals surface area contributed by atoms with Crippen LogP contribution in [-0.4, -0.2) is 22.2 Å². The van der Waals surface area contributed by atoms with E-state index in [1.807, 2.05) is 37.3 Å². The van der Waals surface area contributed by atoms with Crippen LogP contribution in [0.15, 0.2) is 42.5 Å². The molecule has 0 spiro atoms. The SMILES string of the molecule is C[C@H](N)c1ccccc1.C[C@H]1C=CC[C@@H](C(=O)O)[C@@]1(C)C(=O)O. The monoisotopic (exact) mass is 319 g/mol. The highest BCUT2D eigenvalue weighted by molar-refractivity contribution is 5.84. The molecule has 0 bridgehead atoms. The van der Waals surface area contributed by atoms with Crippen molar-refractivity contribution < 1.29 is 19.8 Å². The van der Waals surface area contributed by atoms with Crippen LogP contribution in [0.4, 0.5) is 0 Å². The molecular formula is C18H25NO4. The van der Waals surface area contributed by atoms with Gasteiger partial charge in [-0.2, -0.15) is 0 Å². The summed E-state index contributed by atoms with van der Waals surface area (Å²) < 4.78 is 0. The average molecular weight is 319 g/mol. The van der Waals surface area contributed by atoms with Gasteiger partial charge in [0, 0.05) is 6.04 Å². The predicted molar refractivity (Wildman–Crippen MR) is 88.8 cm³/mol. The van der Waals surface area contributed by atoms with Gasteiger partial charge in [-0.3, -0.25) is 9.59 Å². The lowest BCUT2D eigenvalue weighted by Gasteiger charge is -2.37. The van der Waals surface area contributed by atoms with Crippen molar-refractivity contribution in [3.63, 3.8) is 0 Å². The van der Waals surface area contributed by atoms with Gasteiger partial charge in [-0.25, -0.2) is 0 Å². The molecule has 0 radical (unpaired) electrons. The third-order valence-electron chi connectivity index (χ3n) is 4.55. The van der Waals surface area contributed by atoms with E-state index in [0.29, 0.717) is 6.42 Å². The Morgan fingerprint density at radius 3 is 2.17 bits per heavy atom. The third-order valence-corrected chi connectivity index (χ3v) is 4.55. The maximum Gasteiger partial charge on any atom is 0.310 e. The number of nitrogens with two attached hydrogens (primary N) is 1. The topological polar surface area (TPSA) is 101 Å². The van der Waals surface area contributed by atoms with Crippen molar-refractivity contribution >= 4 is 11.9 Å². The van der Waals surface area contributed by atoms with E-state index in [1.165, 1.54) is 12.5 Å². The van der Waals surface area contributed by atoms with E-state index in [2.05, 4.69) is 0 Å². The smallest absolute Gasteiger partial charge is 0.310 e. The summed E-state index contributed by atoms with van der Waals surface area (Å²) in [6, 6.07) is 10.2. The molecule has 5 nitrogen and oxygen atoms in total. The zero-order valence-corrected chi connectivity index (χ0v) is 13.8. The molecule has 0 fully saturated rings. The Morgan fingerprint density at radius 2 is 1.83 bits per heavy atom. The van der Waals surface area contributed by atoms with Crippen molar-refractivity contribution in [2.75, 3.05) is 0 Å². The standard InChI is InChI=1S/C10H14O4.C8H11N/c1-6-4-3-5-7(8(11)12)10(6,2)9(13)14;1-7(9)8-5-3-2-4-6-8/h3-4,6-7H,5H2,1-2H3,(H,11,12)(H,13,14);2-7H,9H2,1H3/t6-,7-,10-;7-/m00/s1. The Bertz CT molecular complexity index is 568. The van der Waals surface area contributed by atoms with E-state index in [9.17, 15) is 9.59 Å². The zero-order valence-electron chi connectivity index (χ0n) is 13.8. The molecule has 1 aromatic carbocycles. The molecule has 0 saturated carbocycles. The van der Waals surface area contributed by atoms with Gasteiger partial charge in [-0.1, -0.05) is 49.4 Å². The normalized spacial score (nSPS) is 27.5. The molecule has 4 N–H and O–H groups in total. The molecule has 0 heterocycles. The molecule has 0 unspecified atom stereocenters. The minimum Gasteiger partial charge on any atom is -0.481 e. The van der Waals surface area contributed by atoms with Crippen LogP contribution in [0.5, 0.6) is 0 Å². The van der Waals surface area contributed by atoms with Gasteiger partial charge in [0.05, 0.1) is 11.3 Å². The molecule has 1 aliphatic carbocycles. The lowest BCUT2D eigenvalue weighted by Crippen LogP contribution is -2.45. The van der Waals surface area contributed by atoms with E-state index in [1.54, 1.807) is 19.1 Å². The van der Waals surface area contributed by atoms with Crippen LogP contribution in [0.2, 0.25) is 0 Å². The Kier molecular flexibility index (Phi) is 6.51. The summed E-state index contributed by atoms with van der Waals surface area (Å²) in [7, 11) is 0. The summed E-state index contributed by atoms with van der Waals surface area (Å²) in [6.45, 7) is 5.22. The number of carbonyl (C=O) groups is 2. The van der Waals surface area contributed by atoms with E-state index >= 15 is 0 Å². The molecule has 23 heavy (non-hydrogen) atoms. The number of allylic oxidation sites excluding steroid dienone is 2. The van der Waals surface area contributed by atoms with Gasteiger partial charge in [-0.15, -0.1) is 0 Å². The third kappa shape index (κ3) is 4.42. The maximum atomic E-state index is 11.1. The van der Waals surface area contributed by atoms with Crippen LogP contribution in [0.3, 0.4) is 0 Å².